The number of carbonyl (C=O) groups is 3. The molecular formula is C16H27NO4. The zero-order chi connectivity index (χ0) is 16.4. The quantitative estimate of drug-likeness (QED) is 0.269. The highest BCUT2D eigenvalue weighted by molar-refractivity contribution is 6.35. The van der Waals surface area contributed by atoms with Gasteiger partial charge in [-0.2, -0.15) is 0 Å². The lowest BCUT2D eigenvalue weighted by atomic mass is 10.1. The number of ketones is 1. The molecule has 0 bridgehead atoms. The minimum atomic E-state index is -0.421. The topological polar surface area (TPSA) is 63.7 Å². The molecule has 0 saturated carbocycles. The van der Waals surface area contributed by atoms with Crippen LogP contribution in [0.4, 0.5) is 0 Å². The van der Waals surface area contributed by atoms with E-state index in [9.17, 15) is 14.4 Å². The average molecular weight is 297 g/mol. The van der Waals surface area contributed by atoms with Crippen LogP contribution >= 0.6 is 0 Å². The van der Waals surface area contributed by atoms with E-state index in [0.717, 1.165) is 25.7 Å². The Balaban J connectivity index is 3.82. The van der Waals surface area contributed by atoms with Crippen LogP contribution in [0.5, 0.6) is 0 Å². The lowest BCUT2D eigenvalue weighted by Gasteiger charge is -2.25. The van der Waals surface area contributed by atoms with Gasteiger partial charge in [-0.25, -0.2) is 4.79 Å². The Morgan fingerprint density at radius 3 is 2.10 bits per heavy atom. The van der Waals surface area contributed by atoms with Crippen molar-refractivity contribution in [2.75, 3.05) is 13.2 Å². The van der Waals surface area contributed by atoms with Crippen LogP contribution in [0.2, 0.25) is 0 Å². The van der Waals surface area contributed by atoms with E-state index in [1.807, 2.05) is 13.8 Å². The highest BCUT2D eigenvalue weighted by Gasteiger charge is 2.19. The summed E-state index contributed by atoms with van der Waals surface area (Å²) in [5, 5.41) is 0. The van der Waals surface area contributed by atoms with Gasteiger partial charge in [-0.15, -0.1) is 0 Å². The molecule has 0 aliphatic carbocycles. The molecule has 5 heteroatoms. The largest absolute Gasteiger partial charge is 0.462 e. The molecule has 21 heavy (non-hydrogen) atoms. The number of rotatable bonds is 10. The van der Waals surface area contributed by atoms with Crippen LogP contribution < -0.4 is 0 Å². The van der Waals surface area contributed by atoms with Gasteiger partial charge in [-0.1, -0.05) is 13.0 Å². The summed E-state index contributed by atoms with van der Waals surface area (Å²) in [4.78, 5) is 35.6. The molecule has 0 unspecified atom stereocenters. The number of ether oxygens (including phenoxy) is 1. The molecule has 0 heterocycles. The lowest BCUT2D eigenvalue weighted by molar-refractivity contribution is -0.144. The predicted molar refractivity (Wildman–Crippen MR) is 81.8 cm³/mol. The number of hydrogen-bond donors (Lipinski definition) is 0. The summed E-state index contributed by atoms with van der Waals surface area (Å²) in [5.41, 5.74) is 0.408. The summed E-state index contributed by atoms with van der Waals surface area (Å²) < 4.78 is 4.99. The lowest BCUT2D eigenvalue weighted by Crippen LogP contribution is -2.41. The first-order valence-corrected chi connectivity index (χ1v) is 7.41. The van der Waals surface area contributed by atoms with E-state index in [2.05, 4.69) is 6.58 Å². The molecule has 0 rings (SSSR count). The van der Waals surface area contributed by atoms with Gasteiger partial charge in [0.1, 0.15) is 0 Å². The smallest absolute Gasteiger partial charge is 0.333 e. The molecule has 0 radical (unpaired) electrons. The minimum Gasteiger partial charge on any atom is -0.462 e. The van der Waals surface area contributed by atoms with Gasteiger partial charge in [0.2, 0.25) is 5.78 Å². The molecule has 0 fully saturated rings. The van der Waals surface area contributed by atoms with Crippen molar-refractivity contribution >= 4 is 17.7 Å². The van der Waals surface area contributed by atoms with Gasteiger partial charge < -0.3 is 9.64 Å². The van der Waals surface area contributed by atoms with Gasteiger partial charge in [-0.05, 0) is 40.0 Å². The minimum absolute atomic E-state index is 0.0259. The van der Waals surface area contributed by atoms with Crippen LogP contribution in [0.25, 0.3) is 0 Å². The zero-order valence-corrected chi connectivity index (χ0v) is 13.6. The third-order valence-corrected chi connectivity index (χ3v) is 3.06. The molecule has 0 aromatic rings. The number of unbranched alkanes of at least 4 members (excludes halogenated alkanes) is 3. The summed E-state index contributed by atoms with van der Waals surface area (Å²) in [6.07, 6.45) is 3.48. The SMILES string of the molecule is C=C(C)C(=O)OCCCCCCN(C(=O)C(C)=O)C(C)C. The van der Waals surface area contributed by atoms with Crippen molar-refractivity contribution in [3.8, 4) is 0 Å². The van der Waals surface area contributed by atoms with Crippen molar-refractivity contribution in [3.63, 3.8) is 0 Å². The summed E-state index contributed by atoms with van der Waals surface area (Å²) in [6.45, 7) is 11.2. The molecule has 5 nitrogen and oxygen atoms in total. The van der Waals surface area contributed by atoms with E-state index < -0.39 is 11.7 Å². The van der Waals surface area contributed by atoms with Crippen molar-refractivity contribution in [3.05, 3.63) is 12.2 Å². The maximum absolute atomic E-state index is 11.7. The Hall–Kier alpha value is -1.65. The Bertz CT molecular complexity index is 388. The third-order valence-electron chi connectivity index (χ3n) is 3.06. The molecule has 0 aliphatic rings. The standard InChI is InChI=1S/C16H27NO4/c1-12(2)16(20)21-11-9-7-6-8-10-17(13(3)4)15(19)14(5)18/h13H,1,6-11H2,2-5H3. The molecule has 0 N–H and O–H groups in total. The first-order valence-electron chi connectivity index (χ1n) is 7.41. The molecule has 0 aromatic carbocycles. The van der Waals surface area contributed by atoms with E-state index in [1.165, 1.54) is 6.92 Å². The fraction of sp³-hybridized carbons (Fsp3) is 0.688. The molecule has 120 valence electrons. The summed E-state index contributed by atoms with van der Waals surface area (Å²) in [5.74, 6) is -1.19. The first kappa shape index (κ1) is 19.4. The second-order valence-corrected chi connectivity index (χ2v) is 5.48. The number of carbonyl (C=O) groups excluding carboxylic acids is 3. The molecule has 0 aromatic heterocycles. The number of Topliss-reactive ketones (excluding diaryl/α,β-unsaturated/α-hetero) is 1. The Kier molecular flexibility index (Phi) is 9.34. The van der Waals surface area contributed by atoms with Crippen LogP contribution in [0.1, 0.15) is 53.4 Å². The van der Waals surface area contributed by atoms with E-state index >= 15 is 0 Å². The van der Waals surface area contributed by atoms with E-state index in [-0.39, 0.29) is 12.0 Å². The van der Waals surface area contributed by atoms with Crippen LogP contribution in [-0.4, -0.2) is 41.8 Å². The second kappa shape index (κ2) is 10.1. The van der Waals surface area contributed by atoms with Crippen LogP contribution in [0.3, 0.4) is 0 Å². The molecule has 0 aliphatic heterocycles. The second-order valence-electron chi connectivity index (χ2n) is 5.48. The maximum Gasteiger partial charge on any atom is 0.333 e. The van der Waals surface area contributed by atoms with Gasteiger partial charge in [0, 0.05) is 25.1 Å². The molecule has 1 amide bonds. The summed E-state index contributed by atoms with van der Waals surface area (Å²) in [6, 6.07) is 0.0259. The van der Waals surface area contributed by atoms with Crippen molar-refractivity contribution < 1.29 is 19.1 Å². The van der Waals surface area contributed by atoms with Gasteiger partial charge >= 0.3 is 5.97 Å². The van der Waals surface area contributed by atoms with Crippen LogP contribution in [0, 0.1) is 0 Å². The highest BCUT2D eigenvalue weighted by atomic mass is 16.5. The van der Waals surface area contributed by atoms with E-state index in [4.69, 9.17) is 4.74 Å². The summed E-state index contributed by atoms with van der Waals surface area (Å²) >= 11 is 0. The molecule has 0 atom stereocenters. The molecular weight excluding hydrogens is 270 g/mol. The third kappa shape index (κ3) is 8.27. The van der Waals surface area contributed by atoms with E-state index in [1.54, 1.807) is 11.8 Å². The molecule has 0 spiro atoms. The number of amides is 1. The Morgan fingerprint density at radius 1 is 1.05 bits per heavy atom. The average Bonchev–Trinajstić information content (AvgIpc) is 2.40. The van der Waals surface area contributed by atoms with Crippen LogP contribution in [-0.2, 0) is 19.1 Å². The normalized spacial score (nSPS) is 10.3. The van der Waals surface area contributed by atoms with Crippen LogP contribution in [0.15, 0.2) is 12.2 Å². The highest BCUT2D eigenvalue weighted by Crippen LogP contribution is 2.07. The fourth-order valence-corrected chi connectivity index (χ4v) is 1.82. The number of nitrogens with zero attached hydrogens (tertiary/aromatic N) is 1. The zero-order valence-electron chi connectivity index (χ0n) is 13.6. The van der Waals surface area contributed by atoms with Gasteiger partial charge in [0.25, 0.3) is 5.91 Å². The first-order chi connectivity index (χ1) is 9.77. The van der Waals surface area contributed by atoms with Gasteiger partial charge in [0.05, 0.1) is 6.61 Å². The van der Waals surface area contributed by atoms with Crippen molar-refractivity contribution in [2.24, 2.45) is 0 Å². The maximum atomic E-state index is 11.7. The summed E-state index contributed by atoms with van der Waals surface area (Å²) in [7, 11) is 0. The number of esters is 1. The Labute approximate surface area is 127 Å². The van der Waals surface area contributed by atoms with Gasteiger partial charge in [-0.3, -0.25) is 9.59 Å². The Morgan fingerprint density at radius 2 is 1.62 bits per heavy atom. The molecule has 0 saturated heterocycles. The number of hydrogen-bond acceptors (Lipinski definition) is 4. The van der Waals surface area contributed by atoms with Crippen molar-refractivity contribution in [2.45, 2.75) is 59.4 Å². The predicted octanol–water partition coefficient (Wildman–Crippen LogP) is 2.49. The van der Waals surface area contributed by atoms with Crippen molar-refractivity contribution in [1.82, 2.24) is 4.90 Å². The van der Waals surface area contributed by atoms with Gasteiger partial charge in [0.15, 0.2) is 0 Å². The van der Waals surface area contributed by atoms with E-state index in [0.29, 0.717) is 18.7 Å². The van der Waals surface area contributed by atoms with Crippen molar-refractivity contribution in [1.29, 1.82) is 0 Å². The monoisotopic (exact) mass is 297 g/mol. The fourth-order valence-electron chi connectivity index (χ4n) is 1.82.